The van der Waals surface area contributed by atoms with Gasteiger partial charge < -0.3 is 24.3 Å². The second kappa shape index (κ2) is 11.6. The minimum absolute atomic E-state index is 0.0938. The van der Waals surface area contributed by atoms with Gasteiger partial charge >= 0.3 is 0 Å². The van der Waals surface area contributed by atoms with Gasteiger partial charge in [0.15, 0.2) is 17.3 Å². The normalized spacial score (nSPS) is 11.0. The minimum atomic E-state index is -0.0938. The summed E-state index contributed by atoms with van der Waals surface area (Å²) < 4.78 is 21.5. The van der Waals surface area contributed by atoms with Crippen LogP contribution in [0.1, 0.15) is 27.0 Å². The van der Waals surface area contributed by atoms with E-state index in [0.717, 1.165) is 28.1 Å². The predicted octanol–water partition coefficient (Wildman–Crippen LogP) is 6.01. The summed E-state index contributed by atoms with van der Waals surface area (Å²) in [6.07, 6.45) is 7.10. The molecule has 0 heterocycles. The van der Waals surface area contributed by atoms with Gasteiger partial charge in [0.05, 0.1) is 28.4 Å². The molecule has 34 heavy (non-hydrogen) atoms. The molecule has 0 atom stereocenters. The number of carbonyl (C=O) groups is 1. The lowest BCUT2D eigenvalue weighted by atomic mass is 10.1. The Hall–Kier alpha value is -4.19. The quantitative estimate of drug-likeness (QED) is 0.228. The molecule has 0 aromatic heterocycles. The number of hydrogen-bond acceptors (Lipinski definition) is 6. The number of anilines is 1. The second-order valence-electron chi connectivity index (χ2n) is 7.41. The average molecular weight is 460 g/mol. The first kappa shape index (κ1) is 24.5. The number of nitrogens with one attached hydrogen (secondary N) is 1. The van der Waals surface area contributed by atoms with Gasteiger partial charge in [-0.25, -0.2) is 0 Å². The van der Waals surface area contributed by atoms with Crippen LogP contribution in [0.4, 0.5) is 5.69 Å². The molecule has 3 aromatic rings. The van der Waals surface area contributed by atoms with Gasteiger partial charge in [-0.1, -0.05) is 30.4 Å². The van der Waals surface area contributed by atoms with Gasteiger partial charge in [0.2, 0.25) is 5.75 Å². The average Bonchev–Trinajstić information content (AvgIpc) is 2.87. The van der Waals surface area contributed by atoms with E-state index >= 15 is 0 Å². The van der Waals surface area contributed by atoms with Crippen molar-refractivity contribution in [2.75, 3.05) is 33.8 Å². The van der Waals surface area contributed by atoms with Crippen LogP contribution < -0.4 is 24.3 Å². The highest BCUT2D eigenvalue weighted by molar-refractivity contribution is 6.04. The van der Waals surface area contributed by atoms with Gasteiger partial charge in [-0.3, -0.25) is 4.79 Å². The van der Waals surface area contributed by atoms with E-state index in [-0.39, 0.29) is 5.78 Å². The van der Waals surface area contributed by atoms with Gasteiger partial charge in [0.1, 0.15) is 5.75 Å². The molecule has 0 unspecified atom stereocenters. The minimum Gasteiger partial charge on any atom is -0.496 e. The molecule has 6 heteroatoms. The summed E-state index contributed by atoms with van der Waals surface area (Å²) >= 11 is 0. The van der Waals surface area contributed by atoms with Crippen molar-refractivity contribution in [3.05, 3.63) is 89.1 Å². The number of ether oxygens (including phenoxy) is 4. The summed E-state index contributed by atoms with van der Waals surface area (Å²) in [5.41, 5.74) is 4.23. The standard InChI is InChI=1S/C28H29NO5/c1-19-16-22(12-13-25(19)31-2)24(30)14-15-29-23-9-7-6-8-21(23)11-10-20-17-26(32-3)28(34-5)27(18-20)33-4/h6-18,29H,1-5H3/b11-10-,15-14-. The summed E-state index contributed by atoms with van der Waals surface area (Å²) in [6, 6.07) is 16.9. The molecule has 0 bridgehead atoms. The molecule has 0 aliphatic rings. The maximum Gasteiger partial charge on any atom is 0.203 e. The van der Waals surface area contributed by atoms with Crippen LogP contribution in [-0.4, -0.2) is 34.2 Å². The van der Waals surface area contributed by atoms with Crippen molar-refractivity contribution < 1.29 is 23.7 Å². The number of para-hydroxylation sites is 1. The fourth-order valence-corrected chi connectivity index (χ4v) is 3.49. The first-order valence-corrected chi connectivity index (χ1v) is 10.7. The van der Waals surface area contributed by atoms with Gasteiger partial charge in [0, 0.05) is 23.5 Å². The van der Waals surface area contributed by atoms with E-state index in [1.807, 2.05) is 61.5 Å². The lowest BCUT2D eigenvalue weighted by Gasteiger charge is -2.13. The van der Waals surface area contributed by atoms with Crippen molar-refractivity contribution in [2.45, 2.75) is 6.92 Å². The Kier molecular flexibility index (Phi) is 8.35. The topological polar surface area (TPSA) is 66.0 Å². The number of allylic oxidation sites excluding steroid dienone is 1. The van der Waals surface area contributed by atoms with E-state index < -0.39 is 0 Å². The van der Waals surface area contributed by atoms with Crippen LogP contribution in [-0.2, 0) is 0 Å². The third kappa shape index (κ3) is 5.78. The first-order chi connectivity index (χ1) is 16.5. The van der Waals surface area contributed by atoms with Crippen LogP contribution in [0.15, 0.2) is 66.9 Å². The summed E-state index contributed by atoms with van der Waals surface area (Å²) in [5, 5.41) is 3.20. The fraction of sp³-hybridized carbons (Fsp3) is 0.179. The van der Waals surface area contributed by atoms with E-state index in [1.165, 1.54) is 6.08 Å². The van der Waals surface area contributed by atoms with Crippen LogP contribution in [0.5, 0.6) is 23.0 Å². The van der Waals surface area contributed by atoms with Crippen molar-refractivity contribution in [3.63, 3.8) is 0 Å². The maximum atomic E-state index is 12.5. The molecule has 0 saturated heterocycles. The number of rotatable bonds is 10. The monoisotopic (exact) mass is 459 g/mol. The summed E-state index contributed by atoms with van der Waals surface area (Å²) in [7, 11) is 6.36. The number of aryl methyl sites for hydroxylation is 1. The summed E-state index contributed by atoms with van der Waals surface area (Å²) in [6.45, 7) is 1.91. The van der Waals surface area contributed by atoms with Crippen LogP contribution >= 0.6 is 0 Å². The van der Waals surface area contributed by atoms with Gasteiger partial charge in [-0.15, -0.1) is 0 Å². The summed E-state index contributed by atoms with van der Waals surface area (Å²) in [5.74, 6) is 2.38. The third-order valence-corrected chi connectivity index (χ3v) is 5.26. The number of ketones is 1. The van der Waals surface area contributed by atoms with Crippen LogP contribution in [0.25, 0.3) is 12.2 Å². The zero-order valence-electron chi connectivity index (χ0n) is 20.0. The van der Waals surface area contributed by atoms with E-state index in [4.69, 9.17) is 18.9 Å². The predicted molar refractivity (Wildman–Crippen MR) is 136 cm³/mol. The van der Waals surface area contributed by atoms with E-state index in [9.17, 15) is 4.79 Å². The highest BCUT2D eigenvalue weighted by Crippen LogP contribution is 2.38. The third-order valence-electron chi connectivity index (χ3n) is 5.26. The molecular weight excluding hydrogens is 430 g/mol. The van der Waals surface area contributed by atoms with E-state index in [2.05, 4.69) is 5.32 Å². The highest BCUT2D eigenvalue weighted by Gasteiger charge is 2.12. The number of methoxy groups -OCH3 is 4. The molecule has 6 nitrogen and oxygen atoms in total. The molecule has 0 spiro atoms. The van der Waals surface area contributed by atoms with E-state index in [1.54, 1.807) is 46.8 Å². The summed E-state index contributed by atoms with van der Waals surface area (Å²) in [4.78, 5) is 12.5. The largest absolute Gasteiger partial charge is 0.496 e. The van der Waals surface area contributed by atoms with Crippen LogP contribution in [0.3, 0.4) is 0 Å². The molecule has 0 saturated carbocycles. The Labute approximate surface area is 200 Å². The molecule has 3 aromatic carbocycles. The SMILES string of the molecule is COc1ccc(C(=O)/C=C\Nc2ccccc2/C=C\c2cc(OC)c(OC)c(OC)c2)cc1C. The molecular formula is C28H29NO5. The Morgan fingerprint density at radius 3 is 2.09 bits per heavy atom. The first-order valence-electron chi connectivity index (χ1n) is 10.7. The Morgan fingerprint density at radius 1 is 0.794 bits per heavy atom. The molecule has 176 valence electrons. The zero-order chi connectivity index (χ0) is 24.5. The number of hydrogen-bond donors (Lipinski definition) is 1. The van der Waals surface area contributed by atoms with Crippen molar-refractivity contribution in [3.8, 4) is 23.0 Å². The highest BCUT2D eigenvalue weighted by atomic mass is 16.5. The van der Waals surface area contributed by atoms with Crippen molar-refractivity contribution in [1.29, 1.82) is 0 Å². The van der Waals surface area contributed by atoms with Crippen LogP contribution in [0.2, 0.25) is 0 Å². The molecule has 0 radical (unpaired) electrons. The molecule has 3 rings (SSSR count). The van der Waals surface area contributed by atoms with Crippen molar-refractivity contribution in [1.82, 2.24) is 0 Å². The van der Waals surface area contributed by atoms with Gasteiger partial charge in [-0.2, -0.15) is 0 Å². The van der Waals surface area contributed by atoms with Crippen molar-refractivity contribution in [2.24, 2.45) is 0 Å². The Morgan fingerprint density at radius 2 is 1.47 bits per heavy atom. The molecule has 1 N–H and O–H groups in total. The second-order valence-corrected chi connectivity index (χ2v) is 7.41. The van der Waals surface area contributed by atoms with Gasteiger partial charge in [-0.05, 0) is 60.0 Å². The number of benzene rings is 3. The Balaban J connectivity index is 1.77. The molecule has 0 aliphatic carbocycles. The number of carbonyl (C=O) groups excluding carboxylic acids is 1. The maximum absolute atomic E-state index is 12.5. The fourth-order valence-electron chi connectivity index (χ4n) is 3.49. The molecule has 0 aliphatic heterocycles. The van der Waals surface area contributed by atoms with Crippen molar-refractivity contribution >= 4 is 23.6 Å². The van der Waals surface area contributed by atoms with Gasteiger partial charge in [0.25, 0.3) is 0 Å². The smallest absolute Gasteiger partial charge is 0.203 e. The lowest BCUT2D eigenvalue weighted by Crippen LogP contribution is -1.98. The molecule has 0 amide bonds. The lowest BCUT2D eigenvalue weighted by molar-refractivity contribution is 0.104. The Bertz CT molecular complexity index is 1190. The van der Waals surface area contributed by atoms with Crippen LogP contribution in [0, 0.1) is 6.92 Å². The van der Waals surface area contributed by atoms with E-state index in [0.29, 0.717) is 22.8 Å². The molecule has 0 fully saturated rings. The zero-order valence-corrected chi connectivity index (χ0v) is 20.0.